The summed E-state index contributed by atoms with van der Waals surface area (Å²) in [6.45, 7) is 1.64. The topological polar surface area (TPSA) is 88.7 Å². The molecule has 1 N–H and O–H groups in total. The molecule has 1 aliphatic rings. The number of esters is 1. The quantitative estimate of drug-likeness (QED) is 0.514. The van der Waals surface area contributed by atoms with Crippen molar-refractivity contribution in [2.75, 3.05) is 18.1 Å². The van der Waals surface area contributed by atoms with E-state index in [1.807, 2.05) is 30.3 Å². The lowest BCUT2D eigenvalue weighted by atomic mass is 10.1. The number of ether oxygens (including phenoxy) is 2. The van der Waals surface area contributed by atoms with Crippen LogP contribution in [0.4, 0.5) is 5.69 Å². The molecule has 0 spiro atoms. The van der Waals surface area contributed by atoms with Crippen LogP contribution in [0.25, 0.3) is 10.9 Å². The number of aromatic nitrogens is 1. The molecule has 1 amide bonds. The molecule has 0 saturated carbocycles. The molecule has 3 aromatic rings. The summed E-state index contributed by atoms with van der Waals surface area (Å²) in [5.74, 6) is -0.436. The van der Waals surface area contributed by atoms with E-state index in [-0.39, 0.29) is 31.3 Å². The van der Waals surface area contributed by atoms with Gasteiger partial charge in [0.05, 0.1) is 12.1 Å². The molecular weight excluding hydrogens is 372 g/mol. The van der Waals surface area contributed by atoms with Crippen LogP contribution >= 0.6 is 0 Å². The molecule has 148 valence electrons. The molecular formula is C22H20N2O5. The zero-order valence-electron chi connectivity index (χ0n) is 15.9. The molecule has 1 aliphatic heterocycles. The molecule has 29 heavy (non-hydrogen) atoms. The number of benzene rings is 2. The Kier molecular flexibility index (Phi) is 5.03. The van der Waals surface area contributed by atoms with Crippen molar-refractivity contribution in [3.8, 4) is 5.75 Å². The number of carbonyl (C=O) groups is 3. The predicted octanol–water partition coefficient (Wildman–Crippen LogP) is 3.10. The number of hydrogen-bond donors (Lipinski definition) is 1. The van der Waals surface area contributed by atoms with Crippen LogP contribution in [0, 0.1) is 0 Å². The van der Waals surface area contributed by atoms with Crippen molar-refractivity contribution >= 4 is 34.3 Å². The van der Waals surface area contributed by atoms with Gasteiger partial charge in [0, 0.05) is 29.2 Å². The molecule has 0 radical (unpaired) electrons. The van der Waals surface area contributed by atoms with Crippen molar-refractivity contribution in [2.45, 2.75) is 19.4 Å². The number of H-pyrrole nitrogens is 1. The first-order chi connectivity index (χ1) is 14.0. The normalized spacial score (nSPS) is 14.2. The lowest BCUT2D eigenvalue weighted by Gasteiger charge is -2.29. The third kappa shape index (κ3) is 3.71. The van der Waals surface area contributed by atoms with Gasteiger partial charge < -0.3 is 19.4 Å². The molecule has 4 rings (SSSR count). The highest BCUT2D eigenvalue weighted by Gasteiger charge is 2.27. The number of para-hydroxylation sites is 3. The minimum absolute atomic E-state index is 0.0222. The van der Waals surface area contributed by atoms with E-state index < -0.39 is 12.1 Å². The number of aromatic amines is 1. The van der Waals surface area contributed by atoms with Gasteiger partial charge >= 0.3 is 5.97 Å². The Morgan fingerprint density at radius 1 is 1.17 bits per heavy atom. The molecule has 7 nitrogen and oxygen atoms in total. The molecule has 7 heteroatoms. The molecule has 2 aromatic carbocycles. The number of anilines is 1. The number of amides is 1. The van der Waals surface area contributed by atoms with Crippen molar-refractivity contribution in [3.05, 3.63) is 60.3 Å². The van der Waals surface area contributed by atoms with Gasteiger partial charge in [-0.3, -0.25) is 14.4 Å². The van der Waals surface area contributed by atoms with Crippen LogP contribution in [0.2, 0.25) is 0 Å². The summed E-state index contributed by atoms with van der Waals surface area (Å²) in [5, 5.41) is 0.788. The Morgan fingerprint density at radius 3 is 2.79 bits per heavy atom. The third-order valence-corrected chi connectivity index (χ3v) is 4.88. The maximum atomic E-state index is 12.7. The highest BCUT2D eigenvalue weighted by Crippen LogP contribution is 2.31. The Hall–Kier alpha value is -3.61. The largest absolute Gasteiger partial charge is 0.482 e. The summed E-state index contributed by atoms with van der Waals surface area (Å²) < 4.78 is 10.7. The number of Topliss-reactive ketones (excluding diaryl/α,β-unsaturated/α-hetero) is 1. The zero-order valence-corrected chi connectivity index (χ0v) is 15.9. The van der Waals surface area contributed by atoms with Crippen molar-refractivity contribution < 1.29 is 23.9 Å². The fraction of sp³-hybridized carbons (Fsp3) is 0.227. The SMILES string of the molecule is C[C@H](OC(=O)CCN1C(=O)COc2ccccc21)C(=O)c1c[nH]c2ccccc12. The number of carbonyl (C=O) groups excluding carboxylic acids is 3. The summed E-state index contributed by atoms with van der Waals surface area (Å²) in [7, 11) is 0. The molecule has 0 fully saturated rings. The van der Waals surface area contributed by atoms with Gasteiger partial charge in [-0.05, 0) is 25.1 Å². The van der Waals surface area contributed by atoms with Crippen molar-refractivity contribution in [1.29, 1.82) is 0 Å². The smallest absolute Gasteiger partial charge is 0.308 e. The molecule has 2 heterocycles. The summed E-state index contributed by atoms with van der Waals surface area (Å²) >= 11 is 0. The number of nitrogens with one attached hydrogen (secondary N) is 1. The van der Waals surface area contributed by atoms with Crippen LogP contribution in [-0.4, -0.2) is 41.9 Å². The number of nitrogens with zero attached hydrogens (tertiary/aromatic N) is 1. The van der Waals surface area contributed by atoms with Crippen LogP contribution in [-0.2, 0) is 14.3 Å². The van der Waals surface area contributed by atoms with Crippen LogP contribution in [0.1, 0.15) is 23.7 Å². The van der Waals surface area contributed by atoms with Crippen LogP contribution in [0.3, 0.4) is 0 Å². The van der Waals surface area contributed by atoms with Gasteiger partial charge in [0.15, 0.2) is 12.7 Å². The van der Waals surface area contributed by atoms with Crippen molar-refractivity contribution in [3.63, 3.8) is 0 Å². The van der Waals surface area contributed by atoms with Gasteiger partial charge in [0.1, 0.15) is 5.75 Å². The van der Waals surface area contributed by atoms with E-state index in [9.17, 15) is 14.4 Å². The maximum Gasteiger partial charge on any atom is 0.308 e. The lowest BCUT2D eigenvalue weighted by molar-refractivity contribution is -0.146. The zero-order chi connectivity index (χ0) is 20.4. The van der Waals surface area contributed by atoms with Crippen molar-refractivity contribution in [2.24, 2.45) is 0 Å². The summed E-state index contributed by atoms with van der Waals surface area (Å²) in [6.07, 6.45) is 0.682. The molecule has 0 bridgehead atoms. The first-order valence-electron chi connectivity index (χ1n) is 9.36. The lowest BCUT2D eigenvalue weighted by Crippen LogP contribution is -2.40. The summed E-state index contributed by atoms with van der Waals surface area (Å²) in [6, 6.07) is 14.6. The highest BCUT2D eigenvalue weighted by molar-refractivity contribution is 6.10. The Morgan fingerprint density at radius 2 is 1.93 bits per heavy atom. The maximum absolute atomic E-state index is 12.7. The first-order valence-corrected chi connectivity index (χ1v) is 9.36. The average Bonchev–Trinajstić information content (AvgIpc) is 3.16. The monoisotopic (exact) mass is 392 g/mol. The van der Waals surface area contributed by atoms with E-state index in [0.717, 1.165) is 10.9 Å². The second-order valence-electron chi connectivity index (χ2n) is 6.80. The van der Waals surface area contributed by atoms with Crippen LogP contribution in [0.5, 0.6) is 5.75 Å². The molecule has 0 saturated heterocycles. The van der Waals surface area contributed by atoms with Gasteiger partial charge in [-0.1, -0.05) is 30.3 Å². The van der Waals surface area contributed by atoms with E-state index in [1.165, 1.54) is 4.90 Å². The minimum atomic E-state index is -0.922. The average molecular weight is 392 g/mol. The Labute approximate surface area is 167 Å². The van der Waals surface area contributed by atoms with E-state index in [1.54, 1.807) is 31.3 Å². The predicted molar refractivity (Wildman–Crippen MR) is 107 cm³/mol. The standard InChI is InChI=1S/C22H20N2O5/c1-14(22(27)16-12-23-17-7-3-2-6-15(16)17)29-21(26)10-11-24-18-8-4-5-9-19(18)28-13-20(24)25/h2-9,12,14,23H,10-11,13H2,1H3/t14-/m0/s1. The van der Waals surface area contributed by atoms with E-state index >= 15 is 0 Å². The van der Waals surface area contributed by atoms with Crippen molar-refractivity contribution in [1.82, 2.24) is 4.98 Å². The van der Waals surface area contributed by atoms with Gasteiger partial charge in [0.2, 0.25) is 5.78 Å². The molecule has 0 unspecified atom stereocenters. The highest BCUT2D eigenvalue weighted by atomic mass is 16.5. The van der Waals surface area contributed by atoms with Gasteiger partial charge in [-0.25, -0.2) is 0 Å². The van der Waals surface area contributed by atoms with Gasteiger partial charge in [0.25, 0.3) is 5.91 Å². The second-order valence-corrected chi connectivity index (χ2v) is 6.80. The second kappa shape index (κ2) is 7.79. The van der Waals surface area contributed by atoms with Gasteiger partial charge in [-0.2, -0.15) is 0 Å². The van der Waals surface area contributed by atoms with Gasteiger partial charge in [-0.15, -0.1) is 0 Å². The third-order valence-electron chi connectivity index (χ3n) is 4.88. The number of ketones is 1. The fourth-order valence-electron chi connectivity index (χ4n) is 3.41. The molecule has 0 aliphatic carbocycles. The first kappa shape index (κ1) is 18.7. The van der Waals surface area contributed by atoms with Crippen LogP contribution in [0.15, 0.2) is 54.7 Å². The van der Waals surface area contributed by atoms with E-state index in [0.29, 0.717) is 17.0 Å². The number of fused-ring (bicyclic) bond motifs is 2. The number of rotatable bonds is 6. The minimum Gasteiger partial charge on any atom is -0.482 e. The molecule has 1 aromatic heterocycles. The van der Waals surface area contributed by atoms with E-state index in [4.69, 9.17) is 9.47 Å². The Bertz CT molecular complexity index is 1090. The molecule has 1 atom stereocenters. The summed E-state index contributed by atoms with van der Waals surface area (Å²) in [5.41, 5.74) is 1.96. The van der Waals surface area contributed by atoms with Crippen LogP contribution < -0.4 is 9.64 Å². The summed E-state index contributed by atoms with van der Waals surface area (Å²) in [4.78, 5) is 41.7. The fourth-order valence-corrected chi connectivity index (χ4v) is 3.41. The Balaban J connectivity index is 1.38. The van der Waals surface area contributed by atoms with E-state index in [2.05, 4.69) is 4.98 Å². The number of hydrogen-bond acceptors (Lipinski definition) is 5.